The number of aromatic nitrogens is 2. The molecule has 0 amide bonds. The van der Waals surface area contributed by atoms with E-state index >= 15 is 0 Å². The van der Waals surface area contributed by atoms with Gasteiger partial charge in [0.25, 0.3) is 0 Å². The van der Waals surface area contributed by atoms with Gasteiger partial charge in [-0.15, -0.1) is 10.2 Å². The second kappa shape index (κ2) is 3.96. The first-order valence-corrected chi connectivity index (χ1v) is 5.89. The van der Waals surface area contributed by atoms with Crippen molar-refractivity contribution in [1.29, 1.82) is 0 Å². The fraction of sp³-hybridized carbons (Fsp3) is 0.385. The summed E-state index contributed by atoms with van der Waals surface area (Å²) in [4.78, 5) is 0. The molecule has 0 radical (unpaired) electrons. The van der Waals surface area contributed by atoms with Gasteiger partial charge in [0.2, 0.25) is 11.8 Å². The van der Waals surface area contributed by atoms with Gasteiger partial charge in [-0.2, -0.15) is 0 Å². The molecule has 1 saturated carbocycles. The monoisotopic (exact) mass is 229 g/mol. The first-order valence-electron chi connectivity index (χ1n) is 5.89. The van der Waals surface area contributed by atoms with Crippen LogP contribution in [0.15, 0.2) is 34.7 Å². The maximum atomic E-state index is 6.09. The molecule has 3 rings (SSSR count). The van der Waals surface area contributed by atoms with Crippen molar-refractivity contribution >= 4 is 0 Å². The second-order valence-electron chi connectivity index (χ2n) is 4.69. The molecule has 0 spiro atoms. The Morgan fingerprint density at radius 2 is 2.00 bits per heavy atom. The third kappa shape index (κ3) is 1.96. The van der Waals surface area contributed by atoms with Crippen molar-refractivity contribution in [2.45, 2.75) is 25.3 Å². The molecule has 1 aromatic carbocycles. The summed E-state index contributed by atoms with van der Waals surface area (Å²) in [7, 11) is 0. The third-order valence-electron chi connectivity index (χ3n) is 3.31. The van der Waals surface area contributed by atoms with E-state index in [1.165, 1.54) is 0 Å². The molecule has 1 heterocycles. The first-order chi connectivity index (χ1) is 8.25. The van der Waals surface area contributed by atoms with Gasteiger partial charge in [0.15, 0.2) is 0 Å². The molecule has 2 aromatic rings. The van der Waals surface area contributed by atoms with Crippen LogP contribution in [0.25, 0.3) is 0 Å². The lowest BCUT2D eigenvalue weighted by atomic mass is 10.1. The Balaban J connectivity index is 1.82. The van der Waals surface area contributed by atoms with Crippen LogP contribution in [-0.2, 0) is 0 Å². The number of rotatable bonds is 3. The number of nitrogens with two attached hydrogens (primary N) is 1. The van der Waals surface area contributed by atoms with Crippen molar-refractivity contribution in [3.05, 3.63) is 47.7 Å². The topological polar surface area (TPSA) is 64.9 Å². The van der Waals surface area contributed by atoms with Crippen LogP contribution < -0.4 is 5.73 Å². The van der Waals surface area contributed by atoms with Crippen LogP contribution in [0.3, 0.4) is 0 Å². The van der Waals surface area contributed by atoms with Gasteiger partial charge in [0.1, 0.15) is 6.04 Å². The Bertz CT molecular complexity index is 508. The van der Waals surface area contributed by atoms with Crippen LogP contribution in [0, 0.1) is 5.92 Å². The summed E-state index contributed by atoms with van der Waals surface area (Å²) in [6.07, 6.45) is 1.14. The van der Waals surface area contributed by atoms with Crippen molar-refractivity contribution in [2.24, 2.45) is 11.7 Å². The zero-order chi connectivity index (χ0) is 11.8. The van der Waals surface area contributed by atoms with Gasteiger partial charge in [0, 0.05) is 5.92 Å². The number of benzene rings is 1. The summed E-state index contributed by atoms with van der Waals surface area (Å²) in [5, 5.41) is 8.13. The van der Waals surface area contributed by atoms with Crippen molar-refractivity contribution in [3.63, 3.8) is 0 Å². The Morgan fingerprint density at radius 3 is 2.65 bits per heavy atom. The molecule has 3 atom stereocenters. The molecule has 1 aromatic heterocycles. The van der Waals surface area contributed by atoms with E-state index in [-0.39, 0.29) is 6.04 Å². The first kappa shape index (κ1) is 10.5. The van der Waals surface area contributed by atoms with Gasteiger partial charge >= 0.3 is 0 Å². The molecule has 4 heteroatoms. The standard InChI is InChI=1S/C13H15N3O/c1-8-7-10(8)12-15-16-13(17-12)11(14)9-5-3-2-4-6-9/h2-6,8,10-11H,7,14H2,1H3. The highest BCUT2D eigenvalue weighted by atomic mass is 16.4. The highest BCUT2D eigenvalue weighted by molar-refractivity contribution is 5.23. The van der Waals surface area contributed by atoms with Crippen molar-refractivity contribution < 1.29 is 4.42 Å². The van der Waals surface area contributed by atoms with E-state index in [2.05, 4.69) is 17.1 Å². The third-order valence-corrected chi connectivity index (χ3v) is 3.31. The normalized spacial score (nSPS) is 24.6. The fourth-order valence-electron chi connectivity index (χ4n) is 1.99. The lowest BCUT2D eigenvalue weighted by Crippen LogP contribution is -2.11. The second-order valence-corrected chi connectivity index (χ2v) is 4.69. The van der Waals surface area contributed by atoms with Crippen LogP contribution >= 0.6 is 0 Å². The summed E-state index contributed by atoms with van der Waals surface area (Å²) in [5.41, 5.74) is 7.08. The van der Waals surface area contributed by atoms with Crippen molar-refractivity contribution in [3.8, 4) is 0 Å². The van der Waals surface area contributed by atoms with Crippen LogP contribution in [0.1, 0.15) is 42.6 Å². The molecular formula is C13H15N3O. The quantitative estimate of drug-likeness (QED) is 0.876. The van der Waals surface area contributed by atoms with E-state index < -0.39 is 0 Å². The minimum Gasteiger partial charge on any atom is -0.423 e. The lowest BCUT2D eigenvalue weighted by Gasteiger charge is -2.06. The van der Waals surface area contributed by atoms with Gasteiger partial charge in [0.05, 0.1) is 0 Å². The van der Waals surface area contributed by atoms with Gasteiger partial charge in [-0.05, 0) is 17.9 Å². The molecule has 4 nitrogen and oxygen atoms in total. The summed E-state index contributed by atoms with van der Waals surface area (Å²) < 4.78 is 5.65. The van der Waals surface area contributed by atoms with Gasteiger partial charge < -0.3 is 10.2 Å². The highest BCUT2D eigenvalue weighted by Crippen LogP contribution is 2.46. The van der Waals surface area contributed by atoms with Gasteiger partial charge in [-0.25, -0.2) is 0 Å². The number of hydrogen-bond donors (Lipinski definition) is 1. The molecule has 0 bridgehead atoms. The van der Waals surface area contributed by atoms with Crippen LogP contribution in [0.2, 0.25) is 0 Å². The molecular weight excluding hydrogens is 214 g/mol. The van der Waals surface area contributed by atoms with Gasteiger partial charge in [-0.3, -0.25) is 0 Å². The van der Waals surface area contributed by atoms with E-state index in [4.69, 9.17) is 10.2 Å². The smallest absolute Gasteiger partial charge is 0.237 e. The number of nitrogens with zero attached hydrogens (tertiary/aromatic N) is 2. The van der Waals surface area contributed by atoms with E-state index in [0.717, 1.165) is 17.9 Å². The summed E-state index contributed by atoms with van der Waals surface area (Å²) in [5.74, 6) is 2.35. The fourth-order valence-corrected chi connectivity index (χ4v) is 1.99. The van der Waals surface area contributed by atoms with Crippen molar-refractivity contribution in [2.75, 3.05) is 0 Å². The molecule has 88 valence electrons. The molecule has 0 aliphatic heterocycles. The average Bonchev–Trinajstić information content (AvgIpc) is 2.92. The van der Waals surface area contributed by atoms with Crippen LogP contribution in [-0.4, -0.2) is 10.2 Å². The number of hydrogen-bond acceptors (Lipinski definition) is 4. The summed E-state index contributed by atoms with van der Waals surface area (Å²) >= 11 is 0. The molecule has 3 unspecified atom stereocenters. The molecule has 1 aliphatic rings. The SMILES string of the molecule is CC1CC1c1nnc(C(N)c2ccccc2)o1. The minimum absolute atomic E-state index is 0.327. The Kier molecular flexibility index (Phi) is 2.44. The maximum Gasteiger partial charge on any atom is 0.237 e. The molecule has 0 saturated heterocycles. The Hall–Kier alpha value is -1.68. The molecule has 1 aliphatic carbocycles. The van der Waals surface area contributed by atoms with Crippen LogP contribution in [0.4, 0.5) is 0 Å². The Labute approximate surface area is 99.8 Å². The van der Waals surface area contributed by atoms with E-state index in [0.29, 0.717) is 17.7 Å². The molecule has 1 fully saturated rings. The minimum atomic E-state index is -0.327. The summed E-state index contributed by atoms with van der Waals surface area (Å²) in [6.45, 7) is 2.19. The average molecular weight is 229 g/mol. The van der Waals surface area contributed by atoms with Crippen LogP contribution in [0.5, 0.6) is 0 Å². The zero-order valence-electron chi connectivity index (χ0n) is 9.71. The maximum absolute atomic E-state index is 6.09. The summed E-state index contributed by atoms with van der Waals surface area (Å²) in [6, 6.07) is 9.47. The predicted molar refractivity (Wildman–Crippen MR) is 63.3 cm³/mol. The van der Waals surface area contributed by atoms with Crippen molar-refractivity contribution in [1.82, 2.24) is 10.2 Å². The largest absolute Gasteiger partial charge is 0.423 e. The highest BCUT2D eigenvalue weighted by Gasteiger charge is 2.39. The van der Waals surface area contributed by atoms with E-state index in [1.54, 1.807) is 0 Å². The Morgan fingerprint density at radius 1 is 1.29 bits per heavy atom. The van der Waals surface area contributed by atoms with E-state index in [9.17, 15) is 0 Å². The van der Waals surface area contributed by atoms with Gasteiger partial charge in [-0.1, -0.05) is 37.3 Å². The zero-order valence-corrected chi connectivity index (χ0v) is 9.71. The lowest BCUT2D eigenvalue weighted by molar-refractivity contribution is 0.432. The molecule has 2 N–H and O–H groups in total. The van der Waals surface area contributed by atoms with E-state index in [1.807, 2.05) is 30.3 Å². The molecule has 17 heavy (non-hydrogen) atoms. The predicted octanol–water partition coefficient (Wildman–Crippen LogP) is 2.24.